The van der Waals surface area contributed by atoms with E-state index < -0.39 is 11.5 Å². The number of nitrogens with one attached hydrogen (secondary N) is 1. The van der Waals surface area contributed by atoms with Crippen LogP contribution in [0.15, 0.2) is 24.3 Å². The molecule has 0 radical (unpaired) electrons. The molecular weight excluding hydrogens is 234 g/mol. The molecule has 0 aliphatic rings. The normalized spacial score (nSPS) is 11.4. The Morgan fingerprint density at radius 1 is 1.39 bits per heavy atom. The third kappa shape index (κ3) is 3.76. The van der Waals surface area contributed by atoms with Crippen LogP contribution < -0.4 is 10.1 Å². The van der Waals surface area contributed by atoms with Gasteiger partial charge in [0, 0.05) is 5.69 Å². The summed E-state index contributed by atoms with van der Waals surface area (Å²) in [6.07, 6.45) is -0.197. The van der Waals surface area contributed by atoms with Crippen LogP contribution in [0.2, 0.25) is 0 Å². The molecule has 0 aromatic heterocycles. The van der Waals surface area contributed by atoms with Gasteiger partial charge in [-0.05, 0) is 44.5 Å². The summed E-state index contributed by atoms with van der Waals surface area (Å²) >= 11 is 0. The van der Waals surface area contributed by atoms with E-state index in [4.69, 9.17) is 6.17 Å². The lowest BCUT2D eigenvalue weighted by Crippen LogP contribution is -2.28. The van der Waals surface area contributed by atoms with Crippen LogP contribution in [0.25, 0.3) is 1.43 Å². The van der Waals surface area contributed by atoms with Crippen LogP contribution in [-0.2, 0) is 4.79 Å². The number of hydrogen-bond acceptors (Lipinski definition) is 4. The number of esters is 1. The van der Waals surface area contributed by atoms with Gasteiger partial charge in [-0.2, -0.15) is 0 Å². The zero-order chi connectivity index (χ0) is 14.5. The van der Waals surface area contributed by atoms with Gasteiger partial charge < -0.3 is 9.85 Å². The van der Waals surface area contributed by atoms with Gasteiger partial charge >= 0.3 is 12.1 Å². The van der Waals surface area contributed by atoms with Gasteiger partial charge in [-0.1, -0.05) is 6.92 Å². The van der Waals surface area contributed by atoms with Gasteiger partial charge in [0.15, 0.2) is 0 Å². The Bertz CT molecular complexity index is 456. The van der Waals surface area contributed by atoms with Gasteiger partial charge in [-0.25, -0.2) is 4.79 Å². The van der Waals surface area contributed by atoms with Gasteiger partial charge in [-0.3, -0.25) is 10.1 Å². The second-order valence-corrected chi connectivity index (χ2v) is 4.56. The minimum absolute atomic E-state index is 0.304. The number of amides is 1. The van der Waals surface area contributed by atoms with Crippen molar-refractivity contribution in [2.24, 2.45) is 5.41 Å². The number of carbonyl (C=O) groups is 2. The molecule has 18 heavy (non-hydrogen) atoms. The average molecular weight is 253 g/mol. The zero-order valence-corrected chi connectivity index (χ0v) is 10.6. The van der Waals surface area contributed by atoms with Gasteiger partial charge in [0.1, 0.15) is 5.75 Å². The number of rotatable bonds is 4. The number of hydrogen-bond donors (Lipinski definition) is 2. The first-order valence-electron chi connectivity index (χ1n) is 6.06. The van der Waals surface area contributed by atoms with Crippen molar-refractivity contribution in [3.8, 4) is 5.75 Å². The molecule has 0 bridgehead atoms. The quantitative estimate of drug-likeness (QED) is 0.638. The summed E-state index contributed by atoms with van der Waals surface area (Å²) in [7, 11) is 0. The third-order valence-electron chi connectivity index (χ3n) is 2.75. The second-order valence-electron chi connectivity index (χ2n) is 4.56. The highest BCUT2D eigenvalue weighted by Crippen LogP contribution is 2.24. The van der Waals surface area contributed by atoms with Gasteiger partial charge in [0.25, 0.3) is 1.43 Å². The molecule has 5 heteroatoms. The second kappa shape index (κ2) is 5.53. The predicted molar refractivity (Wildman–Crippen MR) is 67.8 cm³/mol. The highest BCUT2D eigenvalue weighted by molar-refractivity contribution is 5.83. The number of carboxylic acid groups (broad SMARTS) is 1. The molecule has 1 aromatic carbocycles. The molecule has 0 heterocycles. The fraction of sp³-hybridized carbons (Fsp3) is 0.385. The van der Waals surface area contributed by atoms with Crippen molar-refractivity contribution in [1.29, 1.82) is 1.43 Å². The number of ether oxygens (including phenoxy) is 1. The van der Waals surface area contributed by atoms with Crippen LogP contribution in [0.5, 0.6) is 5.75 Å². The first kappa shape index (κ1) is 12.4. The Morgan fingerprint density at radius 2 is 2.00 bits per heavy atom. The summed E-state index contributed by atoms with van der Waals surface area (Å²) in [5.41, 5.74) is -0.0850. The first-order chi connectivity index (χ1) is 8.89. The Morgan fingerprint density at radius 3 is 2.50 bits per heavy atom. The molecular formula is C13H17NO4. The third-order valence-corrected chi connectivity index (χ3v) is 2.75. The molecule has 1 aromatic rings. The molecule has 0 aliphatic heterocycles. The maximum Gasteiger partial charge on any atom is 0.409 e. The van der Waals surface area contributed by atoms with Crippen molar-refractivity contribution in [3.05, 3.63) is 24.3 Å². The molecule has 0 fully saturated rings. The smallest absolute Gasteiger partial charge is 0.409 e. The van der Waals surface area contributed by atoms with Gasteiger partial charge in [-0.15, -0.1) is 0 Å². The Hall–Kier alpha value is -2.04. The van der Waals surface area contributed by atoms with Crippen molar-refractivity contribution in [2.75, 3.05) is 5.32 Å². The molecule has 0 saturated heterocycles. The monoisotopic (exact) mass is 253 g/mol. The van der Waals surface area contributed by atoms with Crippen LogP contribution >= 0.6 is 0 Å². The summed E-state index contributed by atoms with van der Waals surface area (Å²) < 4.78 is 11.6. The van der Waals surface area contributed by atoms with E-state index in [1.54, 1.807) is 24.3 Å². The summed E-state index contributed by atoms with van der Waals surface area (Å²) in [6, 6.07) is 6.23. The SMILES string of the molecule is [3H]OC(=O)Nc1ccc(OC(=O)C(C)(C)CC)cc1. The largest absolute Gasteiger partial charge is 0.465 e. The number of benzene rings is 1. The number of anilines is 1. The first-order valence-corrected chi connectivity index (χ1v) is 5.65. The van der Waals surface area contributed by atoms with Crippen molar-refractivity contribution >= 4 is 17.7 Å². The lowest BCUT2D eigenvalue weighted by molar-refractivity contribution is -0.144. The van der Waals surface area contributed by atoms with Crippen LogP contribution in [0.3, 0.4) is 0 Å². The van der Waals surface area contributed by atoms with E-state index in [0.29, 0.717) is 17.9 Å². The zero-order valence-electron chi connectivity index (χ0n) is 11.6. The predicted octanol–water partition coefficient (Wildman–Crippen LogP) is 3.12. The number of carbonyl (C=O) groups excluding carboxylic acids is 1. The molecule has 98 valence electrons. The van der Waals surface area contributed by atoms with E-state index in [-0.39, 0.29) is 5.97 Å². The van der Waals surface area contributed by atoms with E-state index in [2.05, 4.69) is 10.4 Å². The van der Waals surface area contributed by atoms with Crippen LogP contribution in [-0.4, -0.2) is 17.2 Å². The molecule has 1 amide bonds. The summed E-state index contributed by atoms with van der Waals surface area (Å²) in [4.78, 5) is 22.6. The Kier molecular flexibility index (Phi) is 3.82. The molecule has 0 spiro atoms. The Balaban J connectivity index is 2.67. The molecule has 0 unspecified atom stereocenters. The van der Waals surface area contributed by atoms with Crippen LogP contribution in [0, 0.1) is 5.41 Å². The van der Waals surface area contributed by atoms with E-state index in [1.807, 2.05) is 20.8 Å². The molecule has 0 saturated carbocycles. The standard InChI is InChI=1S/C13H17NO4/c1-4-13(2,3)11(15)18-10-7-5-9(6-8-10)14-12(16)17/h5-8,14H,4H2,1-3H3,(H,16,17)/i/hT. The topological polar surface area (TPSA) is 75.6 Å². The summed E-state index contributed by atoms with van der Waals surface area (Å²) in [5, 5.41) is 6.05. The van der Waals surface area contributed by atoms with Crippen LogP contribution in [0.4, 0.5) is 10.5 Å². The minimum atomic E-state index is -0.878. The molecule has 0 aliphatic carbocycles. The van der Waals surface area contributed by atoms with Crippen molar-refractivity contribution < 1.29 is 19.4 Å². The van der Waals surface area contributed by atoms with Crippen molar-refractivity contribution in [1.82, 2.24) is 0 Å². The fourth-order valence-corrected chi connectivity index (χ4v) is 1.11. The average Bonchev–Trinajstić information content (AvgIpc) is 2.40. The lowest BCUT2D eigenvalue weighted by Gasteiger charge is -2.20. The maximum absolute atomic E-state index is 11.8. The van der Waals surface area contributed by atoms with Gasteiger partial charge in [0.2, 0.25) is 0 Å². The van der Waals surface area contributed by atoms with E-state index >= 15 is 0 Å². The molecule has 2 N–H and O–H groups in total. The highest BCUT2D eigenvalue weighted by atomic mass is 16.5. The molecule has 5 nitrogen and oxygen atoms in total. The molecule has 0 atom stereocenters. The summed E-state index contributed by atoms with van der Waals surface area (Å²) in [6.45, 7) is 5.55. The highest BCUT2D eigenvalue weighted by Gasteiger charge is 2.27. The minimum Gasteiger partial charge on any atom is -0.465 e. The van der Waals surface area contributed by atoms with E-state index in [9.17, 15) is 9.59 Å². The molecule has 1 rings (SSSR count). The van der Waals surface area contributed by atoms with E-state index in [0.717, 1.165) is 0 Å². The van der Waals surface area contributed by atoms with Crippen LogP contribution in [0.1, 0.15) is 27.2 Å². The lowest BCUT2D eigenvalue weighted by atomic mass is 9.91. The fourth-order valence-electron chi connectivity index (χ4n) is 1.11. The van der Waals surface area contributed by atoms with Crippen molar-refractivity contribution in [3.63, 3.8) is 0 Å². The summed E-state index contributed by atoms with van der Waals surface area (Å²) in [5.74, 6) is 0.0950. The maximum atomic E-state index is 11.8. The van der Waals surface area contributed by atoms with Gasteiger partial charge in [0.05, 0.1) is 5.41 Å². The Labute approximate surface area is 107 Å². The van der Waals surface area contributed by atoms with Crippen molar-refractivity contribution in [2.45, 2.75) is 27.2 Å². The van der Waals surface area contributed by atoms with E-state index in [1.165, 1.54) is 0 Å².